The first-order valence-electron chi connectivity index (χ1n) is 9.18. The molecule has 0 bridgehead atoms. The van der Waals surface area contributed by atoms with Crippen LogP contribution in [0.15, 0.2) is 30.3 Å². The standard InChI is InChI=1S/C19H30N2O5/c22-13-17(24)19(26)18(25)16(23)12-20-8-11-21-9-6-15(7-10-21)14-4-2-1-3-5-14/h1-5,15,17-20,22,24-26H,6-13H2. The lowest BCUT2D eigenvalue weighted by Gasteiger charge is -2.32. The third kappa shape index (κ3) is 6.12. The van der Waals surface area contributed by atoms with Crippen molar-refractivity contribution in [1.82, 2.24) is 10.2 Å². The summed E-state index contributed by atoms with van der Waals surface area (Å²) in [6, 6.07) is 10.6. The van der Waals surface area contributed by atoms with E-state index in [1.54, 1.807) is 0 Å². The molecule has 1 fully saturated rings. The number of aliphatic hydroxyl groups excluding tert-OH is 4. The lowest BCUT2D eigenvalue weighted by atomic mass is 9.89. The van der Waals surface area contributed by atoms with Gasteiger partial charge in [0.15, 0.2) is 5.78 Å². The van der Waals surface area contributed by atoms with Gasteiger partial charge in [0, 0.05) is 13.1 Å². The summed E-state index contributed by atoms with van der Waals surface area (Å²) < 4.78 is 0. The Balaban J connectivity index is 1.61. The van der Waals surface area contributed by atoms with Gasteiger partial charge in [-0.1, -0.05) is 30.3 Å². The van der Waals surface area contributed by atoms with Crippen molar-refractivity contribution in [2.75, 3.05) is 39.3 Å². The fraction of sp³-hybridized carbons (Fsp3) is 0.632. The first-order chi connectivity index (χ1) is 12.5. The summed E-state index contributed by atoms with van der Waals surface area (Å²) in [6.07, 6.45) is -2.67. The van der Waals surface area contributed by atoms with Crippen LogP contribution in [0.3, 0.4) is 0 Å². The Morgan fingerprint density at radius 2 is 1.81 bits per heavy atom. The molecular formula is C19H30N2O5. The molecule has 0 spiro atoms. The van der Waals surface area contributed by atoms with Crippen LogP contribution in [-0.4, -0.2) is 88.8 Å². The van der Waals surface area contributed by atoms with Gasteiger partial charge in [-0.2, -0.15) is 0 Å². The second-order valence-corrected chi connectivity index (χ2v) is 6.86. The highest BCUT2D eigenvalue weighted by atomic mass is 16.4. The number of piperidine rings is 1. The molecule has 0 amide bonds. The molecule has 0 aliphatic carbocycles. The van der Waals surface area contributed by atoms with Crippen LogP contribution < -0.4 is 5.32 Å². The van der Waals surface area contributed by atoms with Crippen molar-refractivity contribution < 1.29 is 25.2 Å². The van der Waals surface area contributed by atoms with Crippen LogP contribution in [0.5, 0.6) is 0 Å². The van der Waals surface area contributed by atoms with Crippen LogP contribution in [0.1, 0.15) is 24.3 Å². The zero-order chi connectivity index (χ0) is 18.9. The van der Waals surface area contributed by atoms with E-state index in [1.807, 2.05) is 6.07 Å². The summed E-state index contributed by atoms with van der Waals surface area (Å²) in [7, 11) is 0. The van der Waals surface area contributed by atoms with E-state index in [2.05, 4.69) is 34.5 Å². The van der Waals surface area contributed by atoms with Gasteiger partial charge in [0.05, 0.1) is 13.2 Å². The number of hydrogen-bond donors (Lipinski definition) is 5. The normalized spacial score (nSPS) is 19.8. The topological polar surface area (TPSA) is 113 Å². The fourth-order valence-corrected chi connectivity index (χ4v) is 3.28. The molecule has 2 rings (SSSR count). The molecule has 0 radical (unpaired) electrons. The molecule has 1 aliphatic rings. The van der Waals surface area contributed by atoms with E-state index in [0.717, 1.165) is 32.5 Å². The number of carbonyl (C=O) groups is 1. The van der Waals surface area contributed by atoms with Crippen molar-refractivity contribution in [2.45, 2.75) is 37.1 Å². The summed E-state index contributed by atoms with van der Waals surface area (Å²) >= 11 is 0. The molecule has 1 aliphatic heterocycles. The highest BCUT2D eigenvalue weighted by Crippen LogP contribution is 2.27. The third-order valence-electron chi connectivity index (χ3n) is 5.00. The number of rotatable bonds is 10. The molecular weight excluding hydrogens is 336 g/mol. The number of nitrogens with one attached hydrogen (secondary N) is 1. The van der Waals surface area contributed by atoms with Gasteiger partial charge < -0.3 is 30.6 Å². The van der Waals surface area contributed by atoms with E-state index in [-0.39, 0.29) is 6.54 Å². The van der Waals surface area contributed by atoms with Crippen LogP contribution in [-0.2, 0) is 4.79 Å². The van der Waals surface area contributed by atoms with Gasteiger partial charge in [0.25, 0.3) is 0 Å². The Morgan fingerprint density at radius 3 is 2.42 bits per heavy atom. The number of ketones is 1. The number of carbonyl (C=O) groups excluding carboxylic acids is 1. The van der Waals surface area contributed by atoms with Gasteiger partial charge in [0.1, 0.15) is 18.3 Å². The number of hydrogen-bond acceptors (Lipinski definition) is 7. The fourth-order valence-electron chi connectivity index (χ4n) is 3.28. The summed E-state index contributed by atoms with van der Waals surface area (Å²) in [6.45, 7) is 2.65. The van der Waals surface area contributed by atoms with E-state index in [9.17, 15) is 20.1 Å². The van der Waals surface area contributed by atoms with Gasteiger partial charge in [-0.3, -0.25) is 4.79 Å². The highest BCUT2D eigenvalue weighted by Gasteiger charge is 2.29. The van der Waals surface area contributed by atoms with Crippen LogP contribution in [0.25, 0.3) is 0 Å². The minimum Gasteiger partial charge on any atom is -0.394 e. The maximum Gasteiger partial charge on any atom is 0.177 e. The summed E-state index contributed by atoms with van der Waals surface area (Å²) in [5, 5.41) is 40.1. The molecule has 7 heteroatoms. The average Bonchev–Trinajstić information content (AvgIpc) is 2.70. The number of nitrogens with zero attached hydrogens (tertiary/aromatic N) is 1. The Labute approximate surface area is 154 Å². The number of likely N-dealkylation sites (tertiary alicyclic amines) is 1. The summed E-state index contributed by atoms with van der Waals surface area (Å²) in [5.41, 5.74) is 1.40. The Kier molecular flexibility index (Phi) is 8.64. The van der Waals surface area contributed by atoms with Gasteiger partial charge in [-0.25, -0.2) is 0 Å². The van der Waals surface area contributed by atoms with Gasteiger partial charge in [-0.05, 0) is 37.4 Å². The molecule has 146 valence electrons. The first kappa shape index (κ1) is 21.0. The molecule has 7 nitrogen and oxygen atoms in total. The van der Waals surface area contributed by atoms with Crippen LogP contribution in [0.2, 0.25) is 0 Å². The first-order valence-corrected chi connectivity index (χ1v) is 9.18. The smallest absolute Gasteiger partial charge is 0.177 e. The minimum absolute atomic E-state index is 0.0865. The predicted molar refractivity (Wildman–Crippen MR) is 97.8 cm³/mol. The quantitative estimate of drug-likeness (QED) is 0.341. The van der Waals surface area contributed by atoms with Crippen LogP contribution in [0.4, 0.5) is 0 Å². The highest BCUT2D eigenvalue weighted by molar-refractivity contribution is 5.85. The van der Waals surface area contributed by atoms with Crippen molar-refractivity contribution in [1.29, 1.82) is 0 Å². The minimum atomic E-state index is -1.70. The van der Waals surface area contributed by atoms with Crippen molar-refractivity contribution in [3.8, 4) is 0 Å². The molecule has 3 atom stereocenters. The molecule has 0 aromatic heterocycles. The molecule has 1 aromatic rings. The van der Waals surface area contributed by atoms with E-state index in [1.165, 1.54) is 5.56 Å². The largest absolute Gasteiger partial charge is 0.394 e. The van der Waals surface area contributed by atoms with Crippen LogP contribution >= 0.6 is 0 Å². The van der Waals surface area contributed by atoms with Gasteiger partial charge in [0.2, 0.25) is 0 Å². The van der Waals surface area contributed by atoms with Gasteiger partial charge >= 0.3 is 0 Å². The number of benzene rings is 1. The second kappa shape index (κ2) is 10.7. The second-order valence-electron chi connectivity index (χ2n) is 6.86. The molecule has 0 saturated carbocycles. The summed E-state index contributed by atoms with van der Waals surface area (Å²) in [5.74, 6) is 0.00404. The Morgan fingerprint density at radius 1 is 1.15 bits per heavy atom. The third-order valence-corrected chi connectivity index (χ3v) is 5.00. The van der Waals surface area contributed by atoms with E-state index in [0.29, 0.717) is 12.5 Å². The lowest BCUT2D eigenvalue weighted by molar-refractivity contribution is -0.139. The summed E-state index contributed by atoms with van der Waals surface area (Å²) in [4.78, 5) is 14.1. The van der Waals surface area contributed by atoms with E-state index < -0.39 is 30.7 Å². The maximum atomic E-state index is 11.8. The number of Topliss-reactive ketones (excluding diaryl/α,β-unsaturated/α-hetero) is 1. The van der Waals surface area contributed by atoms with Crippen molar-refractivity contribution in [3.63, 3.8) is 0 Å². The van der Waals surface area contributed by atoms with Crippen molar-refractivity contribution in [3.05, 3.63) is 35.9 Å². The average molecular weight is 366 g/mol. The lowest BCUT2D eigenvalue weighted by Crippen LogP contribution is -2.47. The monoisotopic (exact) mass is 366 g/mol. The molecule has 3 unspecified atom stereocenters. The van der Waals surface area contributed by atoms with Crippen molar-refractivity contribution >= 4 is 5.78 Å². The van der Waals surface area contributed by atoms with Crippen LogP contribution in [0, 0.1) is 0 Å². The zero-order valence-corrected chi connectivity index (χ0v) is 15.0. The molecule has 1 saturated heterocycles. The van der Waals surface area contributed by atoms with E-state index in [4.69, 9.17) is 5.11 Å². The van der Waals surface area contributed by atoms with E-state index >= 15 is 0 Å². The molecule has 1 aromatic carbocycles. The predicted octanol–water partition coefficient (Wildman–Crippen LogP) is -0.900. The molecule has 1 heterocycles. The van der Waals surface area contributed by atoms with Gasteiger partial charge in [-0.15, -0.1) is 0 Å². The number of aliphatic hydroxyl groups is 4. The Bertz CT molecular complexity index is 534. The zero-order valence-electron chi connectivity index (χ0n) is 15.0. The molecule has 26 heavy (non-hydrogen) atoms. The van der Waals surface area contributed by atoms with Crippen molar-refractivity contribution in [2.24, 2.45) is 0 Å². The SMILES string of the molecule is O=C(CNCCN1CCC(c2ccccc2)CC1)C(O)C(O)C(O)CO. The Hall–Kier alpha value is -1.35. The maximum absolute atomic E-state index is 11.8. The molecule has 5 N–H and O–H groups in total.